The van der Waals surface area contributed by atoms with Crippen LogP contribution in [0.2, 0.25) is 0 Å². The Morgan fingerprint density at radius 1 is 1.38 bits per heavy atom. The van der Waals surface area contributed by atoms with E-state index in [1.165, 1.54) is 5.56 Å². The second kappa shape index (κ2) is 6.71. The average molecular weight is 224 g/mol. The zero-order valence-corrected chi connectivity index (χ0v) is 10.9. The normalized spacial score (nSPS) is 11.6. The predicted molar refractivity (Wildman–Crippen MR) is 67.3 cm³/mol. The fourth-order valence-corrected chi connectivity index (χ4v) is 1.73. The minimum atomic E-state index is 0.562. The van der Waals surface area contributed by atoms with Crippen molar-refractivity contribution in [2.24, 2.45) is 0 Å². The Labute approximate surface area is 98.8 Å². The summed E-state index contributed by atoms with van der Waals surface area (Å²) in [5, 5.41) is 3.29. The third-order valence-corrected chi connectivity index (χ3v) is 2.78. The van der Waals surface area contributed by atoms with Gasteiger partial charge in [-0.3, -0.25) is 4.90 Å². The smallest absolute Gasteiger partial charge is 0.118 e. The maximum Gasteiger partial charge on any atom is 0.118 e. The number of hydrogen-bond acceptors (Lipinski definition) is 3. The Hall–Kier alpha value is -0.800. The van der Waals surface area contributed by atoms with Gasteiger partial charge < -0.3 is 9.73 Å². The minimum Gasteiger partial charge on any atom is -0.468 e. The second-order valence-electron chi connectivity index (χ2n) is 4.36. The molecule has 1 aromatic rings. The molecular weight excluding hydrogens is 200 g/mol. The van der Waals surface area contributed by atoms with Gasteiger partial charge in [0, 0.05) is 18.2 Å². The van der Waals surface area contributed by atoms with Crippen LogP contribution in [0, 0.1) is 0 Å². The van der Waals surface area contributed by atoms with Gasteiger partial charge in [-0.05, 0) is 33.0 Å². The Balaban J connectivity index is 2.50. The summed E-state index contributed by atoms with van der Waals surface area (Å²) >= 11 is 0. The van der Waals surface area contributed by atoms with Gasteiger partial charge in [0.1, 0.15) is 5.76 Å². The molecule has 3 nitrogen and oxygen atoms in total. The summed E-state index contributed by atoms with van der Waals surface area (Å²) in [5.74, 6) is 1.06. The van der Waals surface area contributed by atoms with Crippen LogP contribution >= 0.6 is 0 Å². The quantitative estimate of drug-likeness (QED) is 0.771. The van der Waals surface area contributed by atoms with Gasteiger partial charge in [0.2, 0.25) is 0 Å². The number of hydrogen-bond donors (Lipinski definition) is 1. The molecule has 0 spiro atoms. The fourth-order valence-electron chi connectivity index (χ4n) is 1.73. The zero-order valence-electron chi connectivity index (χ0n) is 10.9. The fraction of sp³-hybridized carbons (Fsp3) is 0.692. The highest BCUT2D eigenvalue weighted by Gasteiger charge is 2.10. The molecular formula is C13H24N2O. The first-order valence-corrected chi connectivity index (χ1v) is 6.18. The van der Waals surface area contributed by atoms with Gasteiger partial charge in [-0.2, -0.15) is 0 Å². The van der Waals surface area contributed by atoms with Gasteiger partial charge in [0.05, 0.1) is 12.8 Å². The molecule has 0 bridgehead atoms. The first kappa shape index (κ1) is 13.3. The van der Waals surface area contributed by atoms with Crippen molar-refractivity contribution in [3.63, 3.8) is 0 Å². The van der Waals surface area contributed by atoms with Crippen LogP contribution in [0.5, 0.6) is 0 Å². The summed E-state index contributed by atoms with van der Waals surface area (Å²) in [6.07, 6.45) is 1.85. The zero-order chi connectivity index (χ0) is 12.0. The van der Waals surface area contributed by atoms with Crippen LogP contribution in [0.25, 0.3) is 0 Å². The Morgan fingerprint density at radius 2 is 2.12 bits per heavy atom. The molecule has 0 fully saturated rings. The Bertz CT molecular complexity index is 294. The van der Waals surface area contributed by atoms with Crippen LogP contribution in [0.4, 0.5) is 0 Å². The summed E-state index contributed by atoms with van der Waals surface area (Å²) in [6, 6.07) is 2.71. The maximum atomic E-state index is 5.56. The van der Waals surface area contributed by atoms with Crippen LogP contribution in [0.1, 0.15) is 39.0 Å². The number of nitrogens with zero attached hydrogens (tertiary/aromatic N) is 1. The third kappa shape index (κ3) is 3.99. The molecule has 16 heavy (non-hydrogen) atoms. The number of rotatable bonds is 7. The van der Waals surface area contributed by atoms with Gasteiger partial charge in [-0.15, -0.1) is 0 Å². The van der Waals surface area contributed by atoms with Gasteiger partial charge in [0.15, 0.2) is 0 Å². The molecule has 1 rings (SSSR count). The van der Waals surface area contributed by atoms with E-state index in [1.54, 1.807) is 0 Å². The van der Waals surface area contributed by atoms with Gasteiger partial charge in [-0.25, -0.2) is 0 Å². The van der Waals surface area contributed by atoms with Crippen LogP contribution in [-0.2, 0) is 13.1 Å². The lowest BCUT2D eigenvalue weighted by Crippen LogP contribution is -2.29. The van der Waals surface area contributed by atoms with Gasteiger partial charge in [0.25, 0.3) is 0 Å². The van der Waals surface area contributed by atoms with E-state index in [-0.39, 0.29) is 0 Å². The van der Waals surface area contributed by atoms with E-state index in [1.807, 2.05) is 6.26 Å². The molecule has 0 saturated carbocycles. The van der Waals surface area contributed by atoms with Crippen molar-refractivity contribution >= 4 is 0 Å². The van der Waals surface area contributed by atoms with Crippen molar-refractivity contribution in [1.29, 1.82) is 0 Å². The lowest BCUT2D eigenvalue weighted by molar-refractivity contribution is 0.207. The van der Waals surface area contributed by atoms with Crippen molar-refractivity contribution in [3.8, 4) is 0 Å². The van der Waals surface area contributed by atoms with E-state index in [0.717, 1.165) is 31.9 Å². The van der Waals surface area contributed by atoms with E-state index in [9.17, 15) is 0 Å². The molecule has 3 heteroatoms. The van der Waals surface area contributed by atoms with E-state index in [2.05, 4.69) is 44.0 Å². The third-order valence-electron chi connectivity index (χ3n) is 2.78. The molecule has 0 aliphatic rings. The van der Waals surface area contributed by atoms with E-state index in [0.29, 0.717) is 6.04 Å². The molecule has 1 aromatic heterocycles. The van der Waals surface area contributed by atoms with Crippen LogP contribution < -0.4 is 5.32 Å². The van der Waals surface area contributed by atoms with E-state index in [4.69, 9.17) is 4.42 Å². The standard InChI is InChI=1S/C13H24N2O/c1-5-14-8-12-7-13(16-10-12)9-15(6-2)11(3)4/h7,10-11,14H,5-6,8-9H2,1-4H3. The van der Waals surface area contributed by atoms with Gasteiger partial charge in [-0.1, -0.05) is 13.8 Å². The Kier molecular flexibility index (Phi) is 5.56. The lowest BCUT2D eigenvalue weighted by atomic mass is 10.2. The first-order chi connectivity index (χ1) is 7.67. The van der Waals surface area contributed by atoms with Crippen LogP contribution in [-0.4, -0.2) is 24.0 Å². The topological polar surface area (TPSA) is 28.4 Å². The average Bonchev–Trinajstić information content (AvgIpc) is 2.70. The van der Waals surface area contributed by atoms with Crippen molar-refractivity contribution in [1.82, 2.24) is 10.2 Å². The largest absolute Gasteiger partial charge is 0.468 e. The molecule has 1 N–H and O–H groups in total. The summed E-state index contributed by atoms with van der Waals surface area (Å²) in [6.45, 7) is 12.6. The lowest BCUT2D eigenvalue weighted by Gasteiger charge is -2.23. The molecule has 0 amide bonds. The van der Waals surface area contributed by atoms with Gasteiger partial charge >= 0.3 is 0 Å². The van der Waals surface area contributed by atoms with Crippen molar-refractivity contribution in [2.45, 2.75) is 46.8 Å². The highest BCUT2D eigenvalue weighted by atomic mass is 16.3. The molecule has 0 aliphatic carbocycles. The first-order valence-electron chi connectivity index (χ1n) is 6.18. The molecule has 0 saturated heterocycles. The summed E-state index contributed by atoms with van der Waals surface area (Å²) in [4.78, 5) is 2.38. The van der Waals surface area contributed by atoms with E-state index < -0.39 is 0 Å². The molecule has 0 atom stereocenters. The van der Waals surface area contributed by atoms with Crippen molar-refractivity contribution in [3.05, 3.63) is 23.7 Å². The summed E-state index contributed by atoms with van der Waals surface area (Å²) in [7, 11) is 0. The minimum absolute atomic E-state index is 0.562. The number of nitrogens with one attached hydrogen (secondary N) is 1. The van der Waals surface area contributed by atoms with E-state index >= 15 is 0 Å². The highest BCUT2D eigenvalue weighted by Crippen LogP contribution is 2.12. The molecule has 1 heterocycles. The van der Waals surface area contributed by atoms with Crippen LogP contribution in [0.3, 0.4) is 0 Å². The maximum absolute atomic E-state index is 5.56. The monoisotopic (exact) mass is 224 g/mol. The summed E-state index contributed by atoms with van der Waals surface area (Å²) < 4.78 is 5.56. The predicted octanol–water partition coefficient (Wildman–Crippen LogP) is 2.62. The molecule has 0 aromatic carbocycles. The summed E-state index contributed by atoms with van der Waals surface area (Å²) in [5.41, 5.74) is 1.23. The molecule has 0 unspecified atom stereocenters. The Morgan fingerprint density at radius 3 is 2.69 bits per heavy atom. The number of furan rings is 1. The molecule has 92 valence electrons. The van der Waals surface area contributed by atoms with Crippen LogP contribution in [0.15, 0.2) is 16.7 Å². The second-order valence-corrected chi connectivity index (χ2v) is 4.36. The molecule has 0 aliphatic heterocycles. The van der Waals surface area contributed by atoms with Crippen molar-refractivity contribution < 1.29 is 4.42 Å². The molecule has 0 radical (unpaired) electrons. The highest BCUT2D eigenvalue weighted by molar-refractivity contribution is 5.12. The SMILES string of the molecule is CCNCc1coc(CN(CC)C(C)C)c1. The van der Waals surface area contributed by atoms with Crippen molar-refractivity contribution in [2.75, 3.05) is 13.1 Å².